The van der Waals surface area contributed by atoms with Gasteiger partial charge in [-0.2, -0.15) is 5.10 Å². The van der Waals surface area contributed by atoms with Crippen LogP contribution >= 0.6 is 0 Å². The predicted octanol–water partition coefficient (Wildman–Crippen LogP) is 3.95. The molecule has 1 fully saturated rings. The third kappa shape index (κ3) is 3.98. The second kappa shape index (κ2) is 7.97. The summed E-state index contributed by atoms with van der Waals surface area (Å²) in [6.07, 6.45) is 3.94. The lowest BCUT2D eigenvalue weighted by molar-refractivity contribution is -0.131. The normalized spacial score (nSPS) is 14.0. The number of aryl methyl sites for hydroxylation is 1. The van der Waals surface area contributed by atoms with E-state index in [4.69, 9.17) is 4.74 Å². The van der Waals surface area contributed by atoms with Crippen LogP contribution in [0.4, 0.5) is 15.9 Å². The summed E-state index contributed by atoms with van der Waals surface area (Å²) in [4.78, 5) is 33.9. The summed E-state index contributed by atoms with van der Waals surface area (Å²) in [5, 5.41) is 13.1. The Morgan fingerprint density at radius 1 is 1.03 bits per heavy atom. The quantitative estimate of drug-likeness (QED) is 0.386. The fourth-order valence-corrected chi connectivity index (χ4v) is 3.49. The minimum absolute atomic E-state index is 0.299. The number of rotatable bonds is 6. The van der Waals surface area contributed by atoms with Crippen molar-refractivity contribution in [1.82, 2.24) is 20.2 Å². The number of nitrogens with one attached hydrogen (secondary N) is 3. The van der Waals surface area contributed by atoms with Crippen LogP contribution in [0.5, 0.6) is 11.5 Å². The topological polar surface area (TPSA) is 122 Å². The number of ether oxygens (including phenoxy) is 1. The van der Waals surface area contributed by atoms with Crippen LogP contribution in [0.15, 0.2) is 54.9 Å². The molecule has 0 unspecified atom stereocenters. The van der Waals surface area contributed by atoms with Gasteiger partial charge >= 0.3 is 0 Å². The summed E-state index contributed by atoms with van der Waals surface area (Å²) < 4.78 is 19.0. The maximum atomic E-state index is 13.1. The number of fused-ring (bicyclic) bond motifs is 1. The number of hydrogen-bond donors (Lipinski definition) is 3. The number of anilines is 2. The number of hydrogen-bond acceptors (Lipinski definition) is 6. The molecular weight excluding hydrogens is 427 g/mol. The van der Waals surface area contributed by atoms with Gasteiger partial charge < -0.3 is 15.4 Å². The SMILES string of the molecule is Cc1[nH]nc2nccc(Oc3ccc(NC(=O)C4(C(=O)Nc5ccc(F)cc5)CC4)nc3)c12. The second-order valence-electron chi connectivity index (χ2n) is 7.83. The van der Waals surface area contributed by atoms with E-state index >= 15 is 0 Å². The number of pyridine rings is 2. The highest BCUT2D eigenvalue weighted by Crippen LogP contribution is 2.47. The Morgan fingerprint density at radius 2 is 1.79 bits per heavy atom. The predicted molar refractivity (Wildman–Crippen MR) is 118 cm³/mol. The van der Waals surface area contributed by atoms with Crippen LogP contribution in [0.25, 0.3) is 11.0 Å². The van der Waals surface area contributed by atoms with Gasteiger partial charge in [-0.1, -0.05) is 0 Å². The number of amides is 2. The monoisotopic (exact) mass is 446 g/mol. The van der Waals surface area contributed by atoms with Crippen molar-refractivity contribution in [2.75, 3.05) is 10.6 Å². The van der Waals surface area contributed by atoms with Crippen molar-refractivity contribution in [3.63, 3.8) is 0 Å². The summed E-state index contributed by atoms with van der Waals surface area (Å²) in [5.74, 6) is 0.0820. The van der Waals surface area contributed by atoms with Crippen molar-refractivity contribution in [3.05, 3.63) is 66.4 Å². The minimum atomic E-state index is -1.16. The van der Waals surface area contributed by atoms with E-state index in [0.717, 1.165) is 11.1 Å². The molecule has 1 aliphatic carbocycles. The molecule has 33 heavy (non-hydrogen) atoms. The molecule has 0 saturated heterocycles. The first-order valence-corrected chi connectivity index (χ1v) is 10.3. The fourth-order valence-electron chi connectivity index (χ4n) is 3.49. The van der Waals surface area contributed by atoms with Crippen molar-refractivity contribution >= 4 is 34.4 Å². The van der Waals surface area contributed by atoms with Gasteiger partial charge in [0.2, 0.25) is 11.8 Å². The lowest BCUT2D eigenvalue weighted by atomic mass is 10.0. The van der Waals surface area contributed by atoms with Crippen LogP contribution in [0.1, 0.15) is 18.5 Å². The van der Waals surface area contributed by atoms with Gasteiger partial charge in [-0.3, -0.25) is 14.7 Å². The number of aromatic amines is 1. The van der Waals surface area contributed by atoms with Crippen LogP contribution in [-0.4, -0.2) is 32.0 Å². The van der Waals surface area contributed by atoms with E-state index < -0.39 is 23.0 Å². The Bertz CT molecular complexity index is 1350. The first kappa shape index (κ1) is 20.6. The zero-order valence-electron chi connectivity index (χ0n) is 17.6. The van der Waals surface area contributed by atoms with Gasteiger partial charge in [0.25, 0.3) is 0 Å². The molecule has 0 atom stereocenters. The van der Waals surface area contributed by atoms with Gasteiger partial charge in [-0.15, -0.1) is 0 Å². The highest BCUT2D eigenvalue weighted by atomic mass is 19.1. The smallest absolute Gasteiger partial charge is 0.241 e. The highest BCUT2D eigenvalue weighted by Gasteiger charge is 2.56. The zero-order chi connectivity index (χ0) is 23.0. The van der Waals surface area contributed by atoms with Crippen LogP contribution in [0.2, 0.25) is 0 Å². The van der Waals surface area contributed by atoms with E-state index in [9.17, 15) is 14.0 Å². The molecule has 3 heterocycles. The van der Waals surface area contributed by atoms with Crippen molar-refractivity contribution in [1.29, 1.82) is 0 Å². The van der Waals surface area contributed by atoms with Gasteiger partial charge in [-0.05, 0) is 62.2 Å². The first-order valence-electron chi connectivity index (χ1n) is 10.3. The average Bonchev–Trinajstić information content (AvgIpc) is 3.55. The van der Waals surface area contributed by atoms with Crippen LogP contribution < -0.4 is 15.4 Å². The molecule has 3 N–H and O–H groups in total. The lowest BCUT2D eigenvalue weighted by Gasteiger charge is -2.15. The van der Waals surface area contributed by atoms with Gasteiger partial charge in [0.15, 0.2) is 5.65 Å². The Labute approximate surface area is 187 Å². The third-order valence-electron chi connectivity index (χ3n) is 5.52. The second-order valence-corrected chi connectivity index (χ2v) is 7.83. The molecular formula is C23H19FN6O3. The number of carbonyl (C=O) groups excluding carboxylic acids is 2. The maximum Gasteiger partial charge on any atom is 0.241 e. The number of nitrogens with zero attached hydrogens (tertiary/aromatic N) is 3. The Morgan fingerprint density at radius 3 is 2.48 bits per heavy atom. The molecule has 166 valence electrons. The van der Waals surface area contributed by atoms with Crippen molar-refractivity contribution in [2.45, 2.75) is 19.8 Å². The molecule has 0 aliphatic heterocycles. The van der Waals surface area contributed by atoms with Gasteiger partial charge in [-0.25, -0.2) is 14.4 Å². The number of benzene rings is 1. The summed E-state index contributed by atoms with van der Waals surface area (Å²) in [5.41, 5.74) is 0.652. The summed E-state index contributed by atoms with van der Waals surface area (Å²) in [7, 11) is 0. The minimum Gasteiger partial charge on any atom is -0.455 e. The van der Waals surface area contributed by atoms with E-state index in [1.165, 1.54) is 30.5 Å². The van der Waals surface area contributed by atoms with E-state index in [0.29, 0.717) is 41.5 Å². The maximum absolute atomic E-state index is 13.1. The molecule has 1 saturated carbocycles. The molecule has 5 rings (SSSR count). The summed E-state index contributed by atoms with van der Waals surface area (Å²) in [6.45, 7) is 1.88. The molecule has 0 radical (unpaired) electrons. The van der Waals surface area contributed by atoms with Crippen molar-refractivity contribution in [3.8, 4) is 11.5 Å². The molecule has 0 bridgehead atoms. The molecule has 1 aliphatic rings. The molecule has 2 amide bonds. The largest absolute Gasteiger partial charge is 0.455 e. The van der Waals surface area contributed by atoms with E-state index in [2.05, 4.69) is 30.8 Å². The lowest BCUT2D eigenvalue weighted by Crippen LogP contribution is -2.35. The van der Waals surface area contributed by atoms with Crippen molar-refractivity contribution < 1.29 is 18.7 Å². The van der Waals surface area contributed by atoms with E-state index in [1.807, 2.05) is 6.92 Å². The standard InChI is InChI=1S/C23H19FN6O3/c1-13-19-17(8-11-25-20(19)30-29-13)33-16-6-7-18(26-12-16)28-22(32)23(9-10-23)21(31)27-15-4-2-14(24)3-5-15/h2-8,11-12H,9-10H2,1H3,(H,27,31)(H,25,29,30)(H,26,28,32). The number of halogens is 1. The molecule has 10 heteroatoms. The highest BCUT2D eigenvalue weighted by molar-refractivity contribution is 6.16. The van der Waals surface area contributed by atoms with Gasteiger partial charge in [0.05, 0.1) is 11.6 Å². The first-order chi connectivity index (χ1) is 15.9. The van der Waals surface area contributed by atoms with Crippen LogP contribution in [0.3, 0.4) is 0 Å². The number of aromatic nitrogens is 4. The summed E-state index contributed by atoms with van der Waals surface area (Å²) in [6, 6.07) is 10.4. The van der Waals surface area contributed by atoms with Gasteiger partial charge in [0.1, 0.15) is 28.5 Å². The number of H-pyrrole nitrogens is 1. The van der Waals surface area contributed by atoms with Gasteiger partial charge in [0, 0.05) is 17.6 Å². The molecule has 3 aromatic heterocycles. The van der Waals surface area contributed by atoms with Crippen LogP contribution in [0, 0.1) is 18.2 Å². The molecule has 4 aromatic rings. The van der Waals surface area contributed by atoms with E-state index in [-0.39, 0.29) is 0 Å². The summed E-state index contributed by atoms with van der Waals surface area (Å²) >= 11 is 0. The number of carbonyl (C=O) groups is 2. The molecule has 1 aromatic carbocycles. The Balaban J connectivity index is 1.25. The third-order valence-corrected chi connectivity index (χ3v) is 5.52. The molecule has 9 nitrogen and oxygen atoms in total. The average molecular weight is 446 g/mol. The van der Waals surface area contributed by atoms with Crippen molar-refractivity contribution in [2.24, 2.45) is 5.41 Å². The fraction of sp³-hybridized carbons (Fsp3) is 0.174. The zero-order valence-corrected chi connectivity index (χ0v) is 17.6. The van der Waals surface area contributed by atoms with E-state index in [1.54, 1.807) is 24.4 Å². The van der Waals surface area contributed by atoms with Crippen LogP contribution in [-0.2, 0) is 9.59 Å². The Kier molecular flexibility index (Phi) is 4.97. The Hall–Kier alpha value is -4.34. The molecule has 0 spiro atoms.